The van der Waals surface area contributed by atoms with E-state index in [0.717, 1.165) is 19.4 Å². The van der Waals surface area contributed by atoms with Gasteiger partial charge >= 0.3 is 0 Å². The molecule has 0 bridgehead atoms. The van der Waals surface area contributed by atoms with Crippen molar-refractivity contribution in [2.24, 2.45) is 0 Å². The summed E-state index contributed by atoms with van der Waals surface area (Å²) in [4.78, 5) is 8.39. The maximum atomic E-state index is 5.87. The fourth-order valence-electron chi connectivity index (χ4n) is 0.994. The fourth-order valence-corrected chi connectivity index (χ4v) is 1.39. The third kappa shape index (κ3) is 3.80. The van der Waals surface area contributed by atoms with Crippen molar-refractivity contribution in [1.82, 2.24) is 9.97 Å². The lowest BCUT2D eigenvalue weighted by atomic mass is 10.2. The molecule has 0 aliphatic rings. The van der Waals surface area contributed by atoms with Gasteiger partial charge in [-0.05, 0) is 12.8 Å². The third-order valence-electron chi connectivity index (χ3n) is 1.86. The van der Waals surface area contributed by atoms with E-state index in [2.05, 4.69) is 38.1 Å². The predicted molar refractivity (Wildman–Crippen MR) is 63.2 cm³/mol. The van der Waals surface area contributed by atoms with Gasteiger partial charge in [-0.1, -0.05) is 34.5 Å². The molecule has 5 heteroatoms. The van der Waals surface area contributed by atoms with Crippen LogP contribution in [-0.2, 0) is 0 Å². The van der Waals surface area contributed by atoms with Crippen LogP contribution in [0.3, 0.4) is 0 Å². The summed E-state index contributed by atoms with van der Waals surface area (Å²) in [5.41, 5.74) is 0. The molecule has 0 aliphatic carbocycles. The van der Waals surface area contributed by atoms with Gasteiger partial charge in [-0.25, -0.2) is 9.97 Å². The first-order chi connectivity index (χ1) is 6.74. The number of hydrogen-bond donors (Lipinski definition) is 1. The average molecular weight is 279 g/mol. The molecule has 1 N–H and O–H groups in total. The first kappa shape index (κ1) is 11.7. The van der Waals surface area contributed by atoms with Gasteiger partial charge in [0, 0.05) is 11.4 Å². The van der Waals surface area contributed by atoms with E-state index in [1.54, 1.807) is 6.20 Å². The Morgan fingerprint density at radius 2 is 2.43 bits per heavy atom. The average Bonchev–Trinajstić information content (AvgIpc) is 2.20. The molecule has 0 saturated heterocycles. The van der Waals surface area contributed by atoms with E-state index in [4.69, 9.17) is 11.6 Å². The zero-order chi connectivity index (χ0) is 10.4. The molecule has 1 atom stereocenters. The minimum Gasteiger partial charge on any atom is -0.369 e. The normalized spacial score (nSPS) is 12.5. The Labute approximate surface area is 97.4 Å². The van der Waals surface area contributed by atoms with Crippen LogP contribution in [-0.4, -0.2) is 21.3 Å². The highest BCUT2D eigenvalue weighted by molar-refractivity contribution is 9.09. The second-order valence-corrected chi connectivity index (χ2v) is 4.64. The summed E-state index contributed by atoms with van der Waals surface area (Å²) in [6.07, 6.45) is 5.25. The van der Waals surface area contributed by atoms with Gasteiger partial charge in [0.2, 0.25) is 0 Å². The van der Waals surface area contributed by atoms with Crippen LogP contribution in [0.1, 0.15) is 19.8 Å². The van der Waals surface area contributed by atoms with Crippen LogP contribution in [0, 0.1) is 0 Å². The number of nitrogens with zero attached hydrogens (tertiary/aromatic N) is 2. The number of alkyl halides is 1. The fraction of sp³-hybridized carbons (Fsp3) is 0.556. The minimum absolute atomic E-state index is 0.551. The lowest BCUT2D eigenvalue weighted by Gasteiger charge is -2.08. The molecule has 14 heavy (non-hydrogen) atoms. The van der Waals surface area contributed by atoms with Crippen LogP contribution >= 0.6 is 27.5 Å². The van der Waals surface area contributed by atoms with Gasteiger partial charge in [0.1, 0.15) is 17.2 Å². The summed E-state index contributed by atoms with van der Waals surface area (Å²) in [7, 11) is 0. The van der Waals surface area contributed by atoms with Gasteiger partial charge in [-0.15, -0.1) is 0 Å². The van der Waals surface area contributed by atoms with Crippen molar-refractivity contribution in [3.8, 4) is 0 Å². The van der Waals surface area contributed by atoms with Gasteiger partial charge in [0.05, 0.1) is 6.20 Å². The lowest BCUT2D eigenvalue weighted by molar-refractivity contribution is 0.772. The third-order valence-corrected chi connectivity index (χ3v) is 3.24. The highest BCUT2D eigenvalue weighted by Gasteiger charge is 2.02. The molecule has 0 amide bonds. The van der Waals surface area contributed by atoms with Crippen molar-refractivity contribution in [2.45, 2.75) is 24.6 Å². The standard InChI is InChI=1S/C9H13BrClN3/c1-2-7(10)3-4-13-9-8(11)5-12-6-14-9/h5-7H,2-4H2,1H3,(H,12,13,14). The Hall–Kier alpha value is -0.350. The number of halogens is 2. The van der Waals surface area contributed by atoms with Crippen LogP contribution in [0.2, 0.25) is 5.02 Å². The summed E-state index contributed by atoms with van der Waals surface area (Å²) in [6.45, 7) is 3.01. The van der Waals surface area contributed by atoms with Gasteiger partial charge in [-0.3, -0.25) is 0 Å². The predicted octanol–water partition coefficient (Wildman–Crippen LogP) is 3.11. The van der Waals surface area contributed by atoms with E-state index in [1.165, 1.54) is 6.33 Å². The molecule has 0 fully saturated rings. The highest BCUT2D eigenvalue weighted by Crippen LogP contribution is 2.16. The van der Waals surface area contributed by atoms with E-state index in [0.29, 0.717) is 15.7 Å². The molecule has 0 spiro atoms. The van der Waals surface area contributed by atoms with Gasteiger partial charge in [-0.2, -0.15) is 0 Å². The minimum atomic E-state index is 0.551. The van der Waals surface area contributed by atoms with Crippen LogP contribution in [0.4, 0.5) is 5.82 Å². The molecule has 1 aromatic heterocycles. The molecule has 0 aliphatic heterocycles. The van der Waals surface area contributed by atoms with Crippen molar-refractivity contribution in [3.05, 3.63) is 17.5 Å². The Bertz CT molecular complexity index is 283. The zero-order valence-electron chi connectivity index (χ0n) is 8.00. The monoisotopic (exact) mass is 277 g/mol. The van der Waals surface area contributed by atoms with E-state index in [-0.39, 0.29) is 0 Å². The van der Waals surface area contributed by atoms with Crippen LogP contribution < -0.4 is 5.32 Å². The summed E-state index contributed by atoms with van der Waals surface area (Å²) in [6, 6.07) is 0. The first-order valence-corrected chi connectivity index (χ1v) is 5.86. The molecule has 3 nitrogen and oxygen atoms in total. The molecule has 1 rings (SSSR count). The van der Waals surface area contributed by atoms with Gasteiger partial charge in [0.15, 0.2) is 0 Å². The molecule has 1 unspecified atom stereocenters. The number of aromatic nitrogens is 2. The summed E-state index contributed by atoms with van der Waals surface area (Å²) in [5, 5.41) is 3.73. The van der Waals surface area contributed by atoms with Gasteiger partial charge < -0.3 is 5.32 Å². The Balaban J connectivity index is 2.35. The molecular weight excluding hydrogens is 265 g/mol. The quantitative estimate of drug-likeness (QED) is 0.841. The Kier molecular flexibility index (Phi) is 5.19. The van der Waals surface area contributed by atoms with Crippen LogP contribution in [0.15, 0.2) is 12.5 Å². The van der Waals surface area contributed by atoms with Crippen LogP contribution in [0.5, 0.6) is 0 Å². The summed E-state index contributed by atoms with van der Waals surface area (Å²) >= 11 is 9.44. The van der Waals surface area contributed by atoms with E-state index in [1.807, 2.05) is 0 Å². The maximum absolute atomic E-state index is 5.87. The molecule has 1 heterocycles. The number of hydrogen-bond acceptors (Lipinski definition) is 3. The smallest absolute Gasteiger partial charge is 0.148 e. The molecule has 0 aromatic carbocycles. The van der Waals surface area contributed by atoms with Crippen molar-refractivity contribution in [1.29, 1.82) is 0 Å². The van der Waals surface area contributed by atoms with Crippen LogP contribution in [0.25, 0.3) is 0 Å². The molecule has 1 aromatic rings. The SMILES string of the molecule is CCC(Br)CCNc1ncncc1Cl. The van der Waals surface area contributed by atoms with Crippen molar-refractivity contribution in [3.63, 3.8) is 0 Å². The largest absolute Gasteiger partial charge is 0.369 e. The zero-order valence-corrected chi connectivity index (χ0v) is 10.3. The van der Waals surface area contributed by atoms with Crippen molar-refractivity contribution >= 4 is 33.3 Å². The number of nitrogens with one attached hydrogen (secondary N) is 1. The topological polar surface area (TPSA) is 37.8 Å². The Morgan fingerprint density at radius 1 is 1.64 bits per heavy atom. The molecule has 78 valence electrons. The maximum Gasteiger partial charge on any atom is 0.148 e. The first-order valence-electron chi connectivity index (χ1n) is 4.57. The summed E-state index contributed by atoms with van der Waals surface area (Å²) < 4.78 is 0. The highest BCUT2D eigenvalue weighted by atomic mass is 79.9. The number of rotatable bonds is 5. The Morgan fingerprint density at radius 3 is 3.07 bits per heavy atom. The van der Waals surface area contributed by atoms with Gasteiger partial charge in [0.25, 0.3) is 0 Å². The second-order valence-electron chi connectivity index (χ2n) is 2.94. The van der Waals surface area contributed by atoms with Crippen molar-refractivity contribution in [2.75, 3.05) is 11.9 Å². The second kappa shape index (κ2) is 6.19. The lowest BCUT2D eigenvalue weighted by Crippen LogP contribution is -2.09. The van der Waals surface area contributed by atoms with E-state index in [9.17, 15) is 0 Å². The van der Waals surface area contributed by atoms with E-state index >= 15 is 0 Å². The molecule has 0 radical (unpaired) electrons. The van der Waals surface area contributed by atoms with Crippen molar-refractivity contribution < 1.29 is 0 Å². The van der Waals surface area contributed by atoms with E-state index < -0.39 is 0 Å². The molecular formula is C9H13BrClN3. The summed E-state index contributed by atoms with van der Waals surface area (Å²) in [5.74, 6) is 0.706. The molecule has 0 saturated carbocycles. The number of anilines is 1.